The van der Waals surface area contributed by atoms with Crippen molar-refractivity contribution in [2.45, 2.75) is 0 Å². The lowest BCUT2D eigenvalue weighted by Gasteiger charge is -2.06. The smallest absolute Gasteiger partial charge is 0.154 e. The summed E-state index contributed by atoms with van der Waals surface area (Å²) < 4.78 is 1.81. The second kappa shape index (κ2) is 5.25. The van der Waals surface area contributed by atoms with Gasteiger partial charge < -0.3 is 5.32 Å². The van der Waals surface area contributed by atoms with Crippen molar-refractivity contribution in [2.75, 3.05) is 5.32 Å². The van der Waals surface area contributed by atoms with E-state index in [0.29, 0.717) is 0 Å². The number of nitrogens with one attached hydrogen (secondary N) is 1. The Bertz CT molecular complexity index is 902. The fourth-order valence-electron chi connectivity index (χ4n) is 2.24. The largest absolute Gasteiger partial charge is 0.338 e. The Labute approximate surface area is 126 Å². The van der Waals surface area contributed by atoms with Crippen LogP contribution in [0.3, 0.4) is 0 Å². The molecule has 106 valence electrons. The molecular weight excluding hydrogens is 276 g/mol. The van der Waals surface area contributed by atoms with Gasteiger partial charge in [-0.3, -0.25) is 9.97 Å². The number of hydrogen-bond acceptors (Lipinski definition) is 5. The van der Waals surface area contributed by atoms with Crippen molar-refractivity contribution in [3.05, 3.63) is 67.4 Å². The Hall–Kier alpha value is -3.28. The fraction of sp³-hybridized carbons (Fsp3) is 0. The normalized spacial score (nSPS) is 10.7. The van der Waals surface area contributed by atoms with E-state index in [-0.39, 0.29) is 0 Å². The number of imidazole rings is 1. The molecule has 4 rings (SSSR count). The first-order valence-corrected chi connectivity index (χ1v) is 6.82. The summed E-state index contributed by atoms with van der Waals surface area (Å²) in [5.41, 5.74) is 3.63. The third-order valence-corrected chi connectivity index (χ3v) is 3.27. The van der Waals surface area contributed by atoms with Crippen LogP contribution in [0.4, 0.5) is 11.5 Å². The molecule has 6 heteroatoms. The first-order chi connectivity index (χ1) is 10.9. The molecule has 6 nitrogen and oxygen atoms in total. The monoisotopic (exact) mass is 288 g/mol. The molecule has 0 amide bonds. The van der Waals surface area contributed by atoms with Crippen molar-refractivity contribution in [3.8, 4) is 11.3 Å². The topological polar surface area (TPSA) is 68.0 Å². The molecule has 0 saturated heterocycles. The van der Waals surface area contributed by atoms with E-state index in [4.69, 9.17) is 0 Å². The minimum absolute atomic E-state index is 0.730. The second-order valence-corrected chi connectivity index (χ2v) is 4.73. The van der Waals surface area contributed by atoms with Crippen molar-refractivity contribution < 1.29 is 0 Å². The molecule has 0 atom stereocenters. The number of hydrogen-bond donors (Lipinski definition) is 1. The Kier molecular flexibility index (Phi) is 2.97. The fourth-order valence-corrected chi connectivity index (χ4v) is 2.24. The Morgan fingerprint density at radius 1 is 0.864 bits per heavy atom. The lowest BCUT2D eigenvalue weighted by molar-refractivity contribution is 0.948. The van der Waals surface area contributed by atoms with Gasteiger partial charge in [0.05, 0.1) is 23.8 Å². The highest BCUT2D eigenvalue weighted by Gasteiger charge is 2.07. The molecule has 0 bridgehead atoms. The average Bonchev–Trinajstić information content (AvgIpc) is 3.00. The molecule has 0 unspecified atom stereocenters. The third kappa shape index (κ3) is 2.26. The standard InChI is InChI=1S/C16H12N6/c1-2-13(10-18-7-1)20-15-3-4-16-19-11-14(22(16)21-15)12-5-8-17-9-6-12/h1-11H,(H,20,21). The van der Waals surface area contributed by atoms with E-state index in [2.05, 4.69) is 25.4 Å². The molecule has 0 aliphatic heterocycles. The Morgan fingerprint density at radius 3 is 2.59 bits per heavy atom. The molecule has 0 fully saturated rings. The summed E-state index contributed by atoms with van der Waals surface area (Å²) in [6.07, 6.45) is 8.81. The van der Waals surface area contributed by atoms with Gasteiger partial charge in [-0.2, -0.15) is 0 Å². The zero-order valence-electron chi connectivity index (χ0n) is 11.6. The SMILES string of the molecule is c1cncc(Nc2ccc3ncc(-c4ccncc4)n3n2)c1. The van der Waals surface area contributed by atoms with E-state index in [9.17, 15) is 0 Å². The van der Waals surface area contributed by atoms with Gasteiger partial charge in [0.1, 0.15) is 0 Å². The molecule has 1 N–H and O–H groups in total. The summed E-state index contributed by atoms with van der Waals surface area (Å²) in [6.45, 7) is 0. The van der Waals surface area contributed by atoms with Crippen LogP contribution in [-0.4, -0.2) is 24.6 Å². The quantitative estimate of drug-likeness (QED) is 0.627. The van der Waals surface area contributed by atoms with Gasteiger partial charge in [0.2, 0.25) is 0 Å². The molecule has 0 aliphatic carbocycles. The molecule has 4 aromatic heterocycles. The Morgan fingerprint density at radius 2 is 1.77 bits per heavy atom. The van der Waals surface area contributed by atoms with E-state index in [1.807, 2.05) is 47.1 Å². The van der Waals surface area contributed by atoms with Gasteiger partial charge in [-0.15, -0.1) is 5.10 Å². The van der Waals surface area contributed by atoms with Crippen molar-refractivity contribution in [1.82, 2.24) is 24.6 Å². The number of pyridine rings is 2. The highest BCUT2D eigenvalue weighted by Crippen LogP contribution is 2.21. The van der Waals surface area contributed by atoms with Crippen molar-refractivity contribution >= 4 is 17.2 Å². The molecule has 4 aromatic rings. The maximum Gasteiger partial charge on any atom is 0.154 e. The molecule has 0 saturated carbocycles. The van der Waals surface area contributed by atoms with E-state index >= 15 is 0 Å². The number of anilines is 2. The van der Waals surface area contributed by atoms with E-state index in [1.165, 1.54) is 0 Å². The number of aromatic nitrogens is 5. The van der Waals surface area contributed by atoms with Gasteiger partial charge >= 0.3 is 0 Å². The zero-order chi connectivity index (χ0) is 14.8. The molecule has 0 radical (unpaired) electrons. The maximum absolute atomic E-state index is 4.60. The maximum atomic E-state index is 4.60. The average molecular weight is 288 g/mol. The molecule has 0 aliphatic rings. The second-order valence-electron chi connectivity index (χ2n) is 4.73. The molecule has 0 aromatic carbocycles. The molecule has 22 heavy (non-hydrogen) atoms. The van der Waals surface area contributed by atoms with Crippen LogP contribution in [0.25, 0.3) is 16.9 Å². The summed E-state index contributed by atoms with van der Waals surface area (Å²) in [5.74, 6) is 0.730. The van der Waals surface area contributed by atoms with Gasteiger partial charge in [-0.05, 0) is 36.4 Å². The number of fused-ring (bicyclic) bond motifs is 1. The molecule has 0 spiro atoms. The predicted molar refractivity (Wildman–Crippen MR) is 83.7 cm³/mol. The van der Waals surface area contributed by atoms with Crippen LogP contribution in [0.1, 0.15) is 0 Å². The van der Waals surface area contributed by atoms with Crippen molar-refractivity contribution in [3.63, 3.8) is 0 Å². The van der Waals surface area contributed by atoms with Crippen molar-refractivity contribution in [2.24, 2.45) is 0 Å². The first kappa shape index (κ1) is 12.5. The van der Waals surface area contributed by atoms with Gasteiger partial charge in [-0.1, -0.05) is 0 Å². The van der Waals surface area contributed by atoms with Gasteiger partial charge in [-0.25, -0.2) is 9.50 Å². The van der Waals surface area contributed by atoms with E-state index < -0.39 is 0 Å². The van der Waals surface area contributed by atoms with Crippen molar-refractivity contribution in [1.29, 1.82) is 0 Å². The number of rotatable bonds is 3. The first-order valence-electron chi connectivity index (χ1n) is 6.82. The minimum atomic E-state index is 0.730. The van der Waals surface area contributed by atoms with Crippen LogP contribution in [0.2, 0.25) is 0 Å². The van der Waals surface area contributed by atoms with Gasteiger partial charge in [0, 0.05) is 24.2 Å². The van der Waals surface area contributed by atoms with Crippen LogP contribution < -0.4 is 5.32 Å². The highest BCUT2D eigenvalue weighted by atomic mass is 15.3. The minimum Gasteiger partial charge on any atom is -0.338 e. The summed E-state index contributed by atoms with van der Waals surface area (Å²) in [7, 11) is 0. The lowest BCUT2D eigenvalue weighted by Crippen LogP contribution is -2.00. The van der Waals surface area contributed by atoms with E-state index in [1.54, 1.807) is 24.8 Å². The summed E-state index contributed by atoms with van der Waals surface area (Å²) in [4.78, 5) is 12.5. The predicted octanol–water partition coefficient (Wildman–Crippen LogP) is 2.93. The summed E-state index contributed by atoms with van der Waals surface area (Å²) in [6, 6.07) is 11.5. The van der Waals surface area contributed by atoms with Crippen LogP contribution in [0.5, 0.6) is 0 Å². The van der Waals surface area contributed by atoms with Gasteiger partial charge in [0.15, 0.2) is 11.5 Å². The zero-order valence-corrected chi connectivity index (χ0v) is 11.6. The summed E-state index contributed by atoms with van der Waals surface area (Å²) >= 11 is 0. The third-order valence-electron chi connectivity index (χ3n) is 3.27. The molecular formula is C16H12N6. The number of nitrogens with zero attached hydrogens (tertiary/aromatic N) is 5. The lowest BCUT2D eigenvalue weighted by atomic mass is 10.2. The molecule has 4 heterocycles. The Balaban J connectivity index is 1.77. The van der Waals surface area contributed by atoms with Gasteiger partial charge in [0.25, 0.3) is 0 Å². The van der Waals surface area contributed by atoms with E-state index in [0.717, 1.165) is 28.4 Å². The summed E-state index contributed by atoms with van der Waals surface area (Å²) in [5, 5.41) is 7.83. The van der Waals surface area contributed by atoms with Crippen LogP contribution in [-0.2, 0) is 0 Å². The highest BCUT2D eigenvalue weighted by molar-refractivity contribution is 5.64. The van der Waals surface area contributed by atoms with Crippen LogP contribution in [0, 0.1) is 0 Å². The van der Waals surface area contributed by atoms with Crippen LogP contribution >= 0.6 is 0 Å². The van der Waals surface area contributed by atoms with Crippen LogP contribution in [0.15, 0.2) is 67.4 Å².